The first-order valence-electron chi connectivity index (χ1n) is 10.1. The maximum Gasteiger partial charge on any atom is 0.272 e. The van der Waals surface area contributed by atoms with Gasteiger partial charge in [0, 0.05) is 6.07 Å². The Bertz CT molecular complexity index is 1110. The lowest BCUT2D eigenvalue weighted by molar-refractivity contribution is 0.0931. The number of para-hydroxylation sites is 1. The summed E-state index contributed by atoms with van der Waals surface area (Å²) >= 11 is 0. The van der Waals surface area contributed by atoms with Gasteiger partial charge in [0.2, 0.25) is 0 Å². The fourth-order valence-corrected chi connectivity index (χ4v) is 3.18. The van der Waals surface area contributed by atoms with Crippen LogP contribution >= 0.6 is 0 Å². The average molecular weight is 421 g/mol. The smallest absolute Gasteiger partial charge is 0.272 e. The molecule has 1 amide bonds. The molecule has 0 bridgehead atoms. The first-order valence-corrected chi connectivity index (χ1v) is 10.1. The Morgan fingerprint density at radius 1 is 1.10 bits per heavy atom. The van der Waals surface area contributed by atoms with Crippen molar-refractivity contribution < 1.29 is 19.0 Å². The highest BCUT2D eigenvalue weighted by Crippen LogP contribution is 2.32. The van der Waals surface area contributed by atoms with Gasteiger partial charge in [-0.3, -0.25) is 9.59 Å². The Morgan fingerprint density at radius 2 is 1.87 bits per heavy atom. The number of rotatable bonds is 7. The van der Waals surface area contributed by atoms with E-state index in [-0.39, 0.29) is 36.4 Å². The second kappa shape index (κ2) is 9.34. The molecule has 1 unspecified atom stereocenters. The summed E-state index contributed by atoms with van der Waals surface area (Å²) in [5.74, 6) is 1.69. The van der Waals surface area contributed by atoms with Gasteiger partial charge in [-0.15, -0.1) is 0 Å². The fraction of sp³-hybridized carbons (Fsp3) is 0.261. The monoisotopic (exact) mass is 421 g/mol. The summed E-state index contributed by atoms with van der Waals surface area (Å²) in [7, 11) is 0. The third-order valence-electron chi connectivity index (χ3n) is 4.83. The van der Waals surface area contributed by atoms with E-state index in [4.69, 9.17) is 14.2 Å². The van der Waals surface area contributed by atoms with Crippen molar-refractivity contribution >= 4 is 5.91 Å². The van der Waals surface area contributed by atoms with Crippen molar-refractivity contribution in [2.45, 2.75) is 19.5 Å². The lowest BCUT2D eigenvalue weighted by Crippen LogP contribution is -2.32. The van der Waals surface area contributed by atoms with Gasteiger partial charge in [0.25, 0.3) is 11.5 Å². The molecule has 0 saturated heterocycles. The van der Waals surface area contributed by atoms with Crippen molar-refractivity contribution in [3.8, 4) is 17.2 Å². The molecule has 8 nitrogen and oxygen atoms in total. The first kappa shape index (κ1) is 20.5. The zero-order valence-electron chi connectivity index (χ0n) is 17.1. The van der Waals surface area contributed by atoms with Crippen molar-refractivity contribution in [2.75, 3.05) is 19.8 Å². The predicted molar refractivity (Wildman–Crippen MR) is 114 cm³/mol. The Balaban J connectivity index is 1.40. The molecule has 1 atom stereocenters. The lowest BCUT2D eigenvalue weighted by atomic mass is 10.1. The summed E-state index contributed by atoms with van der Waals surface area (Å²) in [6.45, 7) is 3.38. The number of nitrogens with zero attached hydrogens (tertiary/aromatic N) is 2. The van der Waals surface area contributed by atoms with Crippen LogP contribution in [0.4, 0.5) is 0 Å². The molecular weight excluding hydrogens is 398 g/mol. The van der Waals surface area contributed by atoms with Crippen LogP contribution < -0.4 is 25.1 Å². The van der Waals surface area contributed by atoms with Gasteiger partial charge in [0.05, 0.1) is 12.6 Å². The summed E-state index contributed by atoms with van der Waals surface area (Å²) in [6.07, 6.45) is 0. The number of amides is 1. The van der Waals surface area contributed by atoms with Gasteiger partial charge in [-0.25, -0.2) is 4.68 Å². The zero-order chi connectivity index (χ0) is 21.6. The molecular formula is C23H23N3O5. The second-order valence-corrected chi connectivity index (χ2v) is 7.04. The highest BCUT2D eigenvalue weighted by molar-refractivity contribution is 5.92. The molecule has 0 radical (unpaired) electrons. The normalized spacial score (nSPS) is 13.3. The number of hydrogen-bond donors (Lipinski definition) is 1. The van der Waals surface area contributed by atoms with E-state index < -0.39 is 0 Å². The van der Waals surface area contributed by atoms with Gasteiger partial charge >= 0.3 is 0 Å². The average Bonchev–Trinajstić information content (AvgIpc) is 2.80. The van der Waals surface area contributed by atoms with E-state index in [1.54, 1.807) is 0 Å². The van der Waals surface area contributed by atoms with Gasteiger partial charge < -0.3 is 19.5 Å². The Kier molecular flexibility index (Phi) is 6.16. The molecule has 2 heterocycles. The van der Waals surface area contributed by atoms with Crippen LogP contribution in [0.2, 0.25) is 0 Å². The molecule has 1 aliphatic heterocycles. The van der Waals surface area contributed by atoms with Crippen LogP contribution in [0.1, 0.15) is 29.0 Å². The number of carbonyl (C=O) groups is 1. The molecule has 4 rings (SSSR count). The largest absolute Gasteiger partial charge is 0.492 e. The standard InChI is InChI=1S/C23H23N3O5/c1-16(17-7-9-20-21(15-17)31-14-13-30-20)24-23(28)19-8-10-22(27)26(25-19)11-12-29-18-5-3-2-4-6-18/h2-10,15-16H,11-14H2,1H3,(H,24,28). The molecule has 0 fully saturated rings. The minimum atomic E-state index is -0.375. The van der Waals surface area contributed by atoms with E-state index in [1.165, 1.54) is 16.8 Å². The molecule has 1 aliphatic rings. The summed E-state index contributed by atoms with van der Waals surface area (Å²) in [6, 6.07) is 17.3. The molecule has 160 valence electrons. The number of hydrogen-bond acceptors (Lipinski definition) is 6. The van der Waals surface area contributed by atoms with Crippen LogP contribution in [0.3, 0.4) is 0 Å². The molecule has 0 spiro atoms. The van der Waals surface area contributed by atoms with Crippen LogP contribution in [0.5, 0.6) is 17.2 Å². The van der Waals surface area contributed by atoms with Gasteiger partial charge in [-0.1, -0.05) is 24.3 Å². The molecule has 2 aromatic carbocycles. The predicted octanol–water partition coefficient (Wildman–Crippen LogP) is 2.58. The van der Waals surface area contributed by atoms with Gasteiger partial charge in [-0.2, -0.15) is 5.10 Å². The van der Waals surface area contributed by atoms with E-state index in [9.17, 15) is 9.59 Å². The quantitative estimate of drug-likeness (QED) is 0.631. The maximum atomic E-state index is 12.7. The van der Waals surface area contributed by atoms with E-state index >= 15 is 0 Å². The van der Waals surface area contributed by atoms with Gasteiger partial charge in [-0.05, 0) is 42.8 Å². The van der Waals surface area contributed by atoms with E-state index in [2.05, 4.69) is 10.4 Å². The SMILES string of the molecule is CC(NC(=O)c1ccc(=O)n(CCOc2ccccc2)n1)c1ccc2c(c1)OCCO2. The summed E-state index contributed by atoms with van der Waals surface area (Å²) in [5, 5.41) is 7.09. The van der Waals surface area contributed by atoms with Crippen molar-refractivity contribution in [3.63, 3.8) is 0 Å². The third-order valence-corrected chi connectivity index (χ3v) is 4.83. The van der Waals surface area contributed by atoms with E-state index in [0.29, 0.717) is 30.5 Å². The van der Waals surface area contributed by atoms with Crippen molar-refractivity contribution in [1.29, 1.82) is 0 Å². The number of nitrogens with one attached hydrogen (secondary N) is 1. The molecule has 3 aromatic rings. The highest BCUT2D eigenvalue weighted by Gasteiger charge is 2.17. The molecule has 8 heteroatoms. The molecule has 1 aromatic heterocycles. The number of fused-ring (bicyclic) bond motifs is 1. The molecule has 0 saturated carbocycles. The van der Waals surface area contributed by atoms with Crippen molar-refractivity contribution in [2.24, 2.45) is 0 Å². The fourth-order valence-electron chi connectivity index (χ4n) is 3.18. The molecule has 31 heavy (non-hydrogen) atoms. The van der Waals surface area contributed by atoms with E-state index in [1.807, 2.05) is 55.5 Å². The van der Waals surface area contributed by atoms with E-state index in [0.717, 1.165) is 5.56 Å². The van der Waals surface area contributed by atoms with Crippen molar-refractivity contribution in [1.82, 2.24) is 15.1 Å². The van der Waals surface area contributed by atoms with Crippen LogP contribution in [0.25, 0.3) is 0 Å². The van der Waals surface area contributed by atoms with Crippen LogP contribution in [-0.4, -0.2) is 35.5 Å². The Labute approximate surface area is 179 Å². The number of ether oxygens (including phenoxy) is 3. The summed E-state index contributed by atoms with van der Waals surface area (Å²) < 4.78 is 18.0. The van der Waals surface area contributed by atoms with Crippen LogP contribution in [-0.2, 0) is 6.54 Å². The Hall–Kier alpha value is -3.81. The number of benzene rings is 2. The summed E-state index contributed by atoms with van der Waals surface area (Å²) in [5.41, 5.74) is 0.735. The maximum absolute atomic E-state index is 12.7. The number of carbonyl (C=O) groups excluding carboxylic acids is 1. The Morgan fingerprint density at radius 3 is 2.68 bits per heavy atom. The van der Waals surface area contributed by atoms with Crippen LogP contribution in [0.15, 0.2) is 65.5 Å². The number of aromatic nitrogens is 2. The lowest BCUT2D eigenvalue weighted by Gasteiger charge is -2.21. The second-order valence-electron chi connectivity index (χ2n) is 7.04. The van der Waals surface area contributed by atoms with Crippen LogP contribution in [0, 0.1) is 0 Å². The minimum absolute atomic E-state index is 0.156. The van der Waals surface area contributed by atoms with Crippen molar-refractivity contribution in [3.05, 3.63) is 82.3 Å². The topological polar surface area (TPSA) is 91.7 Å². The third kappa shape index (κ3) is 5.03. The summed E-state index contributed by atoms with van der Waals surface area (Å²) in [4.78, 5) is 24.8. The molecule has 1 N–H and O–H groups in total. The molecule has 0 aliphatic carbocycles. The van der Waals surface area contributed by atoms with Gasteiger partial charge in [0.15, 0.2) is 11.5 Å². The minimum Gasteiger partial charge on any atom is -0.492 e. The highest BCUT2D eigenvalue weighted by atomic mass is 16.6. The van der Waals surface area contributed by atoms with Gasteiger partial charge in [0.1, 0.15) is 31.3 Å². The zero-order valence-corrected chi connectivity index (χ0v) is 17.1. The first-order chi connectivity index (χ1) is 15.1.